The van der Waals surface area contributed by atoms with Crippen molar-refractivity contribution in [2.24, 2.45) is 5.73 Å². The molecule has 0 unspecified atom stereocenters. The molecular formula is C11H15N5. The van der Waals surface area contributed by atoms with Gasteiger partial charge in [-0.25, -0.2) is 15.0 Å². The number of rotatable bonds is 5. The Balaban J connectivity index is 2.02. The van der Waals surface area contributed by atoms with Crippen LogP contribution in [0.3, 0.4) is 0 Å². The quantitative estimate of drug-likeness (QED) is 0.761. The van der Waals surface area contributed by atoms with Gasteiger partial charge in [0.25, 0.3) is 0 Å². The van der Waals surface area contributed by atoms with Gasteiger partial charge in [0.1, 0.15) is 6.33 Å². The topological polar surface area (TPSA) is 69.6 Å². The van der Waals surface area contributed by atoms with Crippen LogP contribution >= 0.6 is 0 Å². The van der Waals surface area contributed by atoms with Crippen LogP contribution in [0.15, 0.2) is 31.2 Å². The molecule has 2 N–H and O–H groups in total. The Bertz CT molecular complexity index is 423. The largest absolute Gasteiger partial charge is 0.337 e. The van der Waals surface area contributed by atoms with Crippen LogP contribution in [0, 0.1) is 0 Å². The van der Waals surface area contributed by atoms with Crippen LogP contribution in [0.25, 0.3) is 11.3 Å². The first-order valence-corrected chi connectivity index (χ1v) is 5.37. The lowest BCUT2D eigenvalue weighted by atomic mass is 10.3. The van der Waals surface area contributed by atoms with E-state index >= 15 is 0 Å². The molecule has 0 spiro atoms. The Kier molecular flexibility index (Phi) is 3.61. The molecule has 2 aromatic rings. The summed E-state index contributed by atoms with van der Waals surface area (Å²) in [5.41, 5.74) is 7.30. The van der Waals surface area contributed by atoms with Crippen molar-refractivity contribution in [3.8, 4) is 11.3 Å². The number of imidazole rings is 1. The van der Waals surface area contributed by atoms with E-state index in [0.29, 0.717) is 0 Å². The van der Waals surface area contributed by atoms with Crippen LogP contribution in [-0.2, 0) is 6.54 Å². The minimum atomic E-state index is 0.744. The molecule has 0 fully saturated rings. The Morgan fingerprint density at radius 1 is 1.19 bits per heavy atom. The predicted molar refractivity (Wildman–Crippen MR) is 61.5 cm³/mol. The molecule has 2 rings (SSSR count). The number of hydrogen-bond acceptors (Lipinski definition) is 4. The SMILES string of the molecule is NCCCCn1cnc(-c2cncnc2)c1. The molecule has 0 atom stereocenters. The Morgan fingerprint density at radius 3 is 2.75 bits per heavy atom. The fraction of sp³-hybridized carbons (Fsp3) is 0.364. The normalized spacial score (nSPS) is 10.6. The lowest BCUT2D eigenvalue weighted by Gasteiger charge is -1.99. The number of unbranched alkanes of at least 4 members (excludes halogenated alkanes) is 1. The average molecular weight is 217 g/mol. The standard InChI is InChI=1S/C11H15N5/c12-3-1-2-4-16-7-11(15-9-16)10-5-13-8-14-6-10/h5-9H,1-4,12H2. The summed E-state index contributed by atoms with van der Waals surface area (Å²) in [6.45, 7) is 1.70. The maximum absolute atomic E-state index is 5.45. The second kappa shape index (κ2) is 5.37. The van der Waals surface area contributed by atoms with Gasteiger partial charge in [-0.15, -0.1) is 0 Å². The highest BCUT2D eigenvalue weighted by molar-refractivity contribution is 5.55. The first kappa shape index (κ1) is 10.8. The summed E-state index contributed by atoms with van der Waals surface area (Å²) in [6.07, 6.45) is 11.0. The Hall–Kier alpha value is -1.75. The number of nitrogens with two attached hydrogens (primary N) is 1. The van der Waals surface area contributed by atoms with Crippen LogP contribution in [0.1, 0.15) is 12.8 Å². The van der Waals surface area contributed by atoms with E-state index in [1.54, 1.807) is 12.4 Å². The lowest BCUT2D eigenvalue weighted by molar-refractivity contribution is 0.614. The number of aryl methyl sites for hydroxylation is 1. The van der Waals surface area contributed by atoms with Crippen molar-refractivity contribution >= 4 is 0 Å². The Labute approximate surface area is 94.4 Å². The zero-order valence-corrected chi connectivity index (χ0v) is 9.08. The molecule has 0 aliphatic rings. The minimum absolute atomic E-state index is 0.744. The molecule has 0 bridgehead atoms. The summed E-state index contributed by atoms with van der Waals surface area (Å²) in [5, 5.41) is 0. The zero-order valence-electron chi connectivity index (χ0n) is 9.08. The molecule has 0 amide bonds. The van der Waals surface area contributed by atoms with Crippen LogP contribution < -0.4 is 5.73 Å². The molecule has 84 valence electrons. The summed E-state index contributed by atoms with van der Waals surface area (Å²) in [4.78, 5) is 12.3. The first-order chi connectivity index (χ1) is 7.90. The predicted octanol–water partition coefficient (Wildman–Crippen LogP) is 1.08. The smallest absolute Gasteiger partial charge is 0.115 e. The van der Waals surface area contributed by atoms with Crippen LogP contribution in [0.5, 0.6) is 0 Å². The van der Waals surface area contributed by atoms with E-state index in [4.69, 9.17) is 5.73 Å². The van der Waals surface area contributed by atoms with E-state index < -0.39 is 0 Å². The zero-order chi connectivity index (χ0) is 11.2. The third-order valence-corrected chi connectivity index (χ3v) is 2.36. The molecule has 0 aromatic carbocycles. The molecule has 0 radical (unpaired) electrons. The van der Waals surface area contributed by atoms with E-state index in [0.717, 1.165) is 37.2 Å². The van der Waals surface area contributed by atoms with Gasteiger partial charge in [-0.1, -0.05) is 0 Å². The molecule has 16 heavy (non-hydrogen) atoms. The number of aromatic nitrogens is 4. The van der Waals surface area contributed by atoms with Crippen LogP contribution in [0.2, 0.25) is 0 Å². The summed E-state index contributed by atoms with van der Waals surface area (Å²) in [6, 6.07) is 0. The van der Waals surface area contributed by atoms with Crippen molar-refractivity contribution in [2.75, 3.05) is 6.54 Å². The van der Waals surface area contributed by atoms with E-state index in [2.05, 4.69) is 19.5 Å². The van der Waals surface area contributed by atoms with Gasteiger partial charge in [0.2, 0.25) is 0 Å². The molecular weight excluding hydrogens is 202 g/mol. The Morgan fingerprint density at radius 2 is 2.00 bits per heavy atom. The average Bonchev–Trinajstić information content (AvgIpc) is 2.79. The van der Waals surface area contributed by atoms with Crippen molar-refractivity contribution < 1.29 is 0 Å². The molecule has 5 heteroatoms. The van der Waals surface area contributed by atoms with Crippen molar-refractivity contribution in [1.29, 1.82) is 0 Å². The van der Waals surface area contributed by atoms with Gasteiger partial charge in [0.05, 0.1) is 12.0 Å². The summed E-state index contributed by atoms with van der Waals surface area (Å²) < 4.78 is 2.07. The maximum atomic E-state index is 5.45. The molecule has 2 aromatic heterocycles. The van der Waals surface area contributed by atoms with Crippen molar-refractivity contribution in [1.82, 2.24) is 19.5 Å². The van der Waals surface area contributed by atoms with Gasteiger partial charge in [0, 0.05) is 30.7 Å². The van der Waals surface area contributed by atoms with E-state index in [1.807, 2.05) is 12.5 Å². The van der Waals surface area contributed by atoms with Gasteiger partial charge in [-0.05, 0) is 19.4 Å². The maximum Gasteiger partial charge on any atom is 0.115 e. The second-order valence-corrected chi connectivity index (χ2v) is 3.62. The highest BCUT2D eigenvalue weighted by Gasteiger charge is 2.01. The highest BCUT2D eigenvalue weighted by Crippen LogP contribution is 2.13. The van der Waals surface area contributed by atoms with Gasteiger partial charge < -0.3 is 10.3 Å². The second-order valence-electron chi connectivity index (χ2n) is 3.62. The van der Waals surface area contributed by atoms with Crippen molar-refractivity contribution in [2.45, 2.75) is 19.4 Å². The first-order valence-electron chi connectivity index (χ1n) is 5.37. The van der Waals surface area contributed by atoms with E-state index in [9.17, 15) is 0 Å². The molecule has 0 saturated heterocycles. The summed E-state index contributed by atoms with van der Waals surface area (Å²) in [5.74, 6) is 0. The summed E-state index contributed by atoms with van der Waals surface area (Å²) in [7, 11) is 0. The third-order valence-electron chi connectivity index (χ3n) is 2.36. The van der Waals surface area contributed by atoms with Crippen molar-refractivity contribution in [3.05, 3.63) is 31.2 Å². The molecule has 0 aliphatic carbocycles. The van der Waals surface area contributed by atoms with Gasteiger partial charge in [0.15, 0.2) is 0 Å². The molecule has 2 heterocycles. The van der Waals surface area contributed by atoms with Crippen LogP contribution in [-0.4, -0.2) is 26.1 Å². The summed E-state index contributed by atoms with van der Waals surface area (Å²) >= 11 is 0. The van der Waals surface area contributed by atoms with Gasteiger partial charge in [-0.2, -0.15) is 0 Å². The number of nitrogens with zero attached hydrogens (tertiary/aromatic N) is 4. The van der Waals surface area contributed by atoms with Gasteiger partial charge >= 0.3 is 0 Å². The fourth-order valence-electron chi connectivity index (χ4n) is 1.50. The van der Waals surface area contributed by atoms with Crippen LogP contribution in [0.4, 0.5) is 0 Å². The number of hydrogen-bond donors (Lipinski definition) is 1. The third kappa shape index (κ3) is 2.64. The lowest BCUT2D eigenvalue weighted by Crippen LogP contribution is -2.01. The molecule has 5 nitrogen and oxygen atoms in total. The van der Waals surface area contributed by atoms with E-state index in [1.165, 1.54) is 6.33 Å². The molecule has 0 aliphatic heterocycles. The van der Waals surface area contributed by atoms with Crippen molar-refractivity contribution in [3.63, 3.8) is 0 Å². The van der Waals surface area contributed by atoms with Gasteiger partial charge in [-0.3, -0.25) is 0 Å². The highest BCUT2D eigenvalue weighted by atomic mass is 15.0. The monoisotopic (exact) mass is 217 g/mol. The molecule has 0 saturated carbocycles. The fourth-order valence-corrected chi connectivity index (χ4v) is 1.50. The minimum Gasteiger partial charge on any atom is -0.337 e. The van der Waals surface area contributed by atoms with E-state index in [-0.39, 0.29) is 0 Å².